The monoisotopic (exact) mass is 290 g/mol. The summed E-state index contributed by atoms with van der Waals surface area (Å²) in [6.45, 7) is 5.76. The SMILES string of the molecule is CC(C(=O)NC(CO)C(=O)O)N(C)C(=O)OC(C)(C)C. The molecular weight excluding hydrogens is 268 g/mol. The van der Waals surface area contributed by atoms with E-state index in [1.54, 1.807) is 20.8 Å². The van der Waals surface area contributed by atoms with E-state index in [-0.39, 0.29) is 0 Å². The minimum absolute atomic E-state index is 0.695. The van der Waals surface area contributed by atoms with Crippen molar-refractivity contribution in [2.75, 3.05) is 13.7 Å². The number of aliphatic hydroxyl groups is 1. The third kappa shape index (κ3) is 5.87. The standard InChI is InChI=1S/C12H22N2O6/c1-7(9(16)13-8(6-15)10(17)18)14(5)11(19)20-12(2,3)4/h7-8,15H,6H2,1-5H3,(H,13,16)(H,17,18). The molecule has 0 aromatic heterocycles. The third-order valence-corrected chi connectivity index (χ3v) is 2.44. The zero-order valence-corrected chi connectivity index (χ0v) is 12.3. The summed E-state index contributed by atoms with van der Waals surface area (Å²) < 4.78 is 5.09. The molecule has 0 heterocycles. The van der Waals surface area contributed by atoms with Crippen molar-refractivity contribution in [1.82, 2.24) is 10.2 Å². The molecule has 20 heavy (non-hydrogen) atoms. The summed E-state index contributed by atoms with van der Waals surface area (Å²) in [5.74, 6) is -2.05. The van der Waals surface area contributed by atoms with Crippen molar-refractivity contribution >= 4 is 18.0 Å². The normalized spacial score (nSPS) is 14.1. The lowest BCUT2D eigenvalue weighted by atomic mass is 10.2. The summed E-state index contributed by atoms with van der Waals surface area (Å²) >= 11 is 0. The highest BCUT2D eigenvalue weighted by molar-refractivity contribution is 5.88. The van der Waals surface area contributed by atoms with Gasteiger partial charge < -0.3 is 20.3 Å². The molecule has 2 atom stereocenters. The van der Waals surface area contributed by atoms with Crippen LogP contribution in [0, 0.1) is 0 Å². The van der Waals surface area contributed by atoms with Gasteiger partial charge in [0.1, 0.15) is 17.7 Å². The molecule has 2 amide bonds. The summed E-state index contributed by atoms with van der Waals surface area (Å²) in [4.78, 5) is 35.3. The van der Waals surface area contributed by atoms with Gasteiger partial charge in [0.2, 0.25) is 5.91 Å². The molecule has 0 saturated heterocycles. The van der Waals surface area contributed by atoms with Crippen molar-refractivity contribution in [2.45, 2.75) is 45.4 Å². The number of hydrogen-bond acceptors (Lipinski definition) is 5. The van der Waals surface area contributed by atoms with Crippen molar-refractivity contribution in [3.8, 4) is 0 Å². The lowest BCUT2D eigenvalue weighted by molar-refractivity contribution is -0.143. The van der Waals surface area contributed by atoms with E-state index in [0.29, 0.717) is 0 Å². The van der Waals surface area contributed by atoms with Crippen molar-refractivity contribution in [1.29, 1.82) is 0 Å². The number of hydrogen-bond donors (Lipinski definition) is 3. The number of rotatable bonds is 5. The first-order chi connectivity index (χ1) is 8.99. The average molecular weight is 290 g/mol. The highest BCUT2D eigenvalue weighted by Gasteiger charge is 2.29. The van der Waals surface area contributed by atoms with Gasteiger partial charge in [0, 0.05) is 7.05 Å². The second-order valence-electron chi connectivity index (χ2n) is 5.35. The predicted molar refractivity (Wildman–Crippen MR) is 70.1 cm³/mol. The van der Waals surface area contributed by atoms with Crippen LogP contribution in [0.3, 0.4) is 0 Å². The lowest BCUT2D eigenvalue weighted by Gasteiger charge is -2.28. The highest BCUT2D eigenvalue weighted by Crippen LogP contribution is 2.10. The fraction of sp³-hybridized carbons (Fsp3) is 0.750. The van der Waals surface area contributed by atoms with Gasteiger partial charge in [0.15, 0.2) is 0 Å². The first-order valence-corrected chi connectivity index (χ1v) is 6.09. The summed E-state index contributed by atoms with van der Waals surface area (Å²) in [7, 11) is 1.37. The van der Waals surface area contributed by atoms with Gasteiger partial charge in [-0.3, -0.25) is 9.69 Å². The van der Waals surface area contributed by atoms with E-state index in [4.69, 9.17) is 14.9 Å². The predicted octanol–water partition coefficient (Wildman–Crippen LogP) is -0.196. The van der Waals surface area contributed by atoms with Gasteiger partial charge in [-0.05, 0) is 27.7 Å². The Balaban J connectivity index is 4.64. The van der Waals surface area contributed by atoms with E-state index in [1.165, 1.54) is 14.0 Å². The Labute approximate surface area is 117 Å². The van der Waals surface area contributed by atoms with E-state index in [9.17, 15) is 14.4 Å². The average Bonchev–Trinajstić information content (AvgIpc) is 2.31. The Kier molecular flexibility index (Phi) is 6.44. The molecule has 0 aliphatic heterocycles. The van der Waals surface area contributed by atoms with Gasteiger partial charge >= 0.3 is 12.1 Å². The van der Waals surface area contributed by atoms with Crippen LogP contribution in [0.25, 0.3) is 0 Å². The third-order valence-electron chi connectivity index (χ3n) is 2.44. The quantitative estimate of drug-likeness (QED) is 0.646. The number of ether oxygens (including phenoxy) is 1. The molecule has 2 unspecified atom stereocenters. The number of likely N-dealkylation sites (N-methyl/N-ethyl adjacent to an activating group) is 1. The fourth-order valence-corrected chi connectivity index (χ4v) is 1.15. The maximum atomic E-state index is 11.8. The number of nitrogens with zero attached hydrogens (tertiary/aromatic N) is 1. The zero-order chi connectivity index (χ0) is 16.1. The van der Waals surface area contributed by atoms with Crippen molar-refractivity contribution in [3.05, 3.63) is 0 Å². The number of aliphatic hydroxyl groups excluding tert-OH is 1. The van der Waals surface area contributed by atoms with Crippen LogP contribution in [-0.2, 0) is 14.3 Å². The second kappa shape index (κ2) is 7.09. The lowest BCUT2D eigenvalue weighted by Crippen LogP contribution is -2.52. The summed E-state index contributed by atoms with van der Waals surface area (Å²) in [6, 6.07) is -2.34. The van der Waals surface area contributed by atoms with Crippen LogP contribution in [0.5, 0.6) is 0 Å². The van der Waals surface area contributed by atoms with Crippen LogP contribution in [-0.4, -0.2) is 64.4 Å². The molecule has 3 N–H and O–H groups in total. The summed E-state index contributed by atoms with van der Waals surface area (Å²) in [5.41, 5.74) is -0.698. The molecule has 0 saturated carbocycles. The molecule has 116 valence electrons. The van der Waals surface area contributed by atoms with Crippen LogP contribution in [0.15, 0.2) is 0 Å². The summed E-state index contributed by atoms with van der Waals surface area (Å²) in [5, 5.41) is 19.7. The molecule has 0 aromatic carbocycles. The maximum absolute atomic E-state index is 11.8. The van der Waals surface area contributed by atoms with Crippen LogP contribution in [0.2, 0.25) is 0 Å². The Morgan fingerprint density at radius 1 is 1.30 bits per heavy atom. The van der Waals surface area contributed by atoms with E-state index in [2.05, 4.69) is 5.32 Å². The maximum Gasteiger partial charge on any atom is 0.410 e. The number of amides is 2. The van der Waals surface area contributed by atoms with E-state index in [1.807, 2.05) is 0 Å². The molecule has 0 aliphatic rings. The van der Waals surface area contributed by atoms with Crippen LogP contribution in [0.1, 0.15) is 27.7 Å². The highest BCUT2D eigenvalue weighted by atomic mass is 16.6. The molecule has 0 fully saturated rings. The largest absolute Gasteiger partial charge is 0.480 e. The van der Waals surface area contributed by atoms with Gasteiger partial charge in [-0.15, -0.1) is 0 Å². The molecule has 0 aliphatic carbocycles. The van der Waals surface area contributed by atoms with Gasteiger partial charge in [0.05, 0.1) is 6.61 Å². The Hall–Kier alpha value is -1.83. The second-order valence-corrected chi connectivity index (χ2v) is 5.35. The molecule has 8 heteroatoms. The Morgan fingerprint density at radius 3 is 2.15 bits per heavy atom. The van der Waals surface area contributed by atoms with Gasteiger partial charge in [-0.1, -0.05) is 0 Å². The van der Waals surface area contributed by atoms with Gasteiger partial charge in [-0.2, -0.15) is 0 Å². The van der Waals surface area contributed by atoms with Crippen LogP contribution < -0.4 is 5.32 Å². The van der Waals surface area contributed by atoms with Crippen molar-refractivity contribution in [2.24, 2.45) is 0 Å². The Bertz CT molecular complexity index is 377. The van der Waals surface area contributed by atoms with Crippen molar-refractivity contribution in [3.63, 3.8) is 0 Å². The molecule has 0 rings (SSSR count). The molecule has 8 nitrogen and oxygen atoms in total. The van der Waals surface area contributed by atoms with Crippen LogP contribution >= 0.6 is 0 Å². The van der Waals surface area contributed by atoms with E-state index >= 15 is 0 Å². The molecule has 0 aromatic rings. The van der Waals surface area contributed by atoms with Gasteiger partial charge in [0.25, 0.3) is 0 Å². The topological polar surface area (TPSA) is 116 Å². The molecular formula is C12H22N2O6. The zero-order valence-electron chi connectivity index (χ0n) is 12.3. The number of carbonyl (C=O) groups excluding carboxylic acids is 2. The number of carboxylic acid groups (broad SMARTS) is 1. The van der Waals surface area contributed by atoms with E-state index in [0.717, 1.165) is 4.90 Å². The first kappa shape index (κ1) is 18.2. The number of carbonyl (C=O) groups is 3. The van der Waals surface area contributed by atoms with E-state index < -0.39 is 42.3 Å². The van der Waals surface area contributed by atoms with Gasteiger partial charge in [-0.25, -0.2) is 9.59 Å². The number of carboxylic acids is 1. The molecule has 0 radical (unpaired) electrons. The first-order valence-electron chi connectivity index (χ1n) is 6.09. The number of nitrogens with one attached hydrogen (secondary N) is 1. The molecule has 0 spiro atoms. The number of aliphatic carboxylic acids is 1. The smallest absolute Gasteiger partial charge is 0.410 e. The molecule has 0 bridgehead atoms. The summed E-state index contributed by atoms with van der Waals surface area (Å²) in [6.07, 6.45) is -0.698. The van der Waals surface area contributed by atoms with Crippen molar-refractivity contribution < 1.29 is 29.3 Å². The Morgan fingerprint density at radius 2 is 1.80 bits per heavy atom. The fourth-order valence-electron chi connectivity index (χ4n) is 1.15. The minimum atomic E-state index is -1.41. The van der Waals surface area contributed by atoms with Crippen LogP contribution in [0.4, 0.5) is 4.79 Å². The minimum Gasteiger partial charge on any atom is -0.480 e.